The Hall–Kier alpha value is -2.73. The van der Waals surface area contributed by atoms with Crippen LogP contribution >= 0.6 is 39.1 Å². The Bertz CT molecular complexity index is 1670. The molecule has 42 heavy (non-hydrogen) atoms. The molecule has 4 aromatic rings. The molecule has 0 saturated carbocycles. The van der Waals surface area contributed by atoms with Gasteiger partial charge in [-0.25, -0.2) is 23.4 Å². The first-order valence-electron chi connectivity index (χ1n) is 12.0. The zero-order valence-corrected chi connectivity index (χ0v) is 23.7. The van der Waals surface area contributed by atoms with E-state index in [1.165, 1.54) is 29.2 Å². The Balaban J connectivity index is 1.44. The first-order chi connectivity index (χ1) is 19.8. The molecule has 2 fully saturated rings. The van der Waals surface area contributed by atoms with E-state index < -0.39 is 70.8 Å². The van der Waals surface area contributed by atoms with Gasteiger partial charge < -0.3 is 19.7 Å². The van der Waals surface area contributed by atoms with E-state index >= 15 is 0 Å². The summed E-state index contributed by atoms with van der Waals surface area (Å²) in [6.45, 7) is -0.191. The number of rotatable bonds is 4. The van der Waals surface area contributed by atoms with Crippen molar-refractivity contribution in [3.8, 4) is 16.8 Å². The van der Waals surface area contributed by atoms with Crippen molar-refractivity contribution in [2.24, 2.45) is 0 Å². The van der Waals surface area contributed by atoms with Crippen molar-refractivity contribution in [3.05, 3.63) is 74.7 Å². The van der Waals surface area contributed by atoms with Crippen LogP contribution in [0.3, 0.4) is 0 Å². The van der Waals surface area contributed by atoms with Crippen molar-refractivity contribution in [1.82, 2.24) is 29.5 Å². The van der Waals surface area contributed by atoms with Crippen molar-refractivity contribution in [1.29, 1.82) is 0 Å². The van der Waals surface area contributed by atoms with Gasteiger partial charge in [0.2, 0.25) is 4.73 Å². The predicted octanol–water partition coefficient (Wildman–Crippen LogP) is 4.69. The first-order valence-corrected chi connectivity index (χ1v) is 13.6. The molecule has 0 spiro atoms. The standard InChI is InChI=1S/C24H16BrCl2F5N6O4/c25-23-35-22(38(36-23)12-3-9(26)5-33-21(12)24(30,31)32)20-17(40)16(19-18(42-20)13(39)7-41-19)37-6-8(4-34-37)10-1-2-11(27)15(29)14(10)28/h1-6,13,16-20,39-40H,7H2/t13?,16?,17-,18?,19+,20+/m0/s1. The van der Waals surface area contributed by atoms with Gasteiger partial charge in [0.1, 0.15) is 36.6 Å². The van der Waals surface area contributed by atoms with Gasteiger partial charge in [-0.3, -0.25) is 4.68 Å². The minimum Gasteiger partial charge on any atom is -0.388 e. The van der Waals surface area contributed by atoms with Gasteiger partial charge in [-0.2, -0.15) is 18.3 Å². The van der Waals surface area contributed by atoms with Crippen LogP contribution < -0.4 is 0 Å². The number of alkyl halides is 3. The van der Waals surface area contributed by atoms with Crippen molar-refractivity contribution < 1.29 is 41.6 Å². The summed E-state index contributed by atoms with van der Waals surface area (Å²) in [4.78, 5) is 7.57. The molecule has 0 radical (unpaired) electrons. The smallest absolute Gasteiger partial charge is 0.388 e. The van der Waals surface area contributed by atoms with Crippen molar-refractivity contribution in [2.75, 3.05) is 6.61 Å². The molecule has 2 N–H and O–H groups in total. The van der Waals surface area contributed by atoms with Gasteiger partial charge in [0.05, 0.1) is 28.5 Å². The second-order valence-electron chi connectivity index (χ2n) is 9.47. The van der Waals surface area contributed by atoms with Gasteiger partial charge >= 0.3 is 6.18 Å². The average molecular weight is 698 g/mol. The Morgan fingerprint density at radius 2 is 1.83 bits per heavy atom. The third-order valence-corrected chi connectivity index (χ3v) is 7.74. The zero-order valence-electron chi connectivity index (χ0n) is 20.6. The lowest BCUT2D eigenvalue weighted by atomic mass is 9.91. The highest BCUT2D eigenvalue weighted by Crippen LogP contribution is 2.44. The first kappa shape index (κ1) is 29.3. The number of hydrogen-bond acceptors (Lipinski definition) is 8. The molecule has 2 aliphatic heterocycles. The van der Waals surface area contributed by atoms with Crippen LogP contribution in [0, 0.1) is 11.6 Å². The van der Waals surface area contributed by atoms with Gasteiger partial charge in [-0.05, 0) is 34.1 Å². The lowest BCUT2D eigenvalue weighted by molar-refractivity contribution is -0.196. The molecule has 0 amide bonds. The summed E-state index contributed by atoms with van der Waals surface area (Å²) in [7, 11) is 0. The predicted molar refractivity (Wildman–Crippen MR) is 138 cm³/mol. The maximum absolute atomic E-state index is 14.6. The van der Waals surface area contributed by atoms with Gasteiger partial charge in [0.15, 0.2) is 23.2 Å². The minimum atomic E-state index is -4.91. The summed E-state index contributed by atoms with van der Waals surface area (Å²) in [5.74, 6) is -2.76. The lowest BCUT2D eigenvalue weighted by Gasteiger charge is -2.41. The molecule has 6 rings (SSSR count). The van der Waals surface area contributed by atoms with Crippen LogP contribution in [0.15, 0.2) is 41.5 Å². The molecule has 6 atom stereocenters. The number of halogens is 8. The van der Waals surface area contributed by atoms with Crippen LogP contribution in [-0.4, -0.2) is 70.8 Å². The maximum atomic E-state index is 14.6. The van der Waals surface area contributed by atoms with Crippen LogP contribution in [0.2, 0.25) is 10.0 Å². The van der Waals surface area contributed by atoms with Crippen molar-refractivity contribution >= 4 is 39.1 Å². The number of aliphatic hydroxyl groups excluding tert-OH is 2. The number of aliphatic hydroxyl groups is 2. The molecule has 3 unspecified atom stereocenters. The van der Waals surface area contributed by atoms with Crippen LogP contribution in [-0.2, 0) is 15.7 Å². The number of hydrogen-bond donors (Lipinski definition) is 2. The van der Waals surface area contributed by atoms with Gasteiger partial charge in [0, 0.05) is 23.5 Å². The van der Waals surface area contributed by atoms with E-state index in [0.717, 1.165) is 16.9 Å². The number of fused-ring (bicyclic) bond motifs is 1. The summed E-state index contributed by atoms with van der Waals surface area (Å²) in [6, 6.07) is 2.26. The SMILES string of the molecule is OC1CO[C@H]2C1O[C@@H](c1nc(Br)nn1-c1cc(Cl)cnc1C(F)(F)F)[C@@H](O)C2n1cc(-c2ccc(Cl)c(F)c2F)cn1. The van der Waals surface area contributed by atoms with Gasteiger partial charge in [-0.15, -0.1) is 5.10 Å². The fourth-order valence-corrected chi connectivity index (χ4v) is 5.72. The van der Waals surface area contributed by atoms with E-state index in [2.05, 4.69) is 36.1 Å². The highest BCUT2D eigenvalue weighted by atomic mass is 79.9. The van der Waals surface area contributed by atoms with Gasteiger partial charge in [0.25, 0.3) is 0 Å². The van der Waals surface area contributed by atoms with E-state index in [0.29, 0.717) is 0 Å². The van der Waals surface area contributed by atoms with E-state index in [1.807, 2.05) is 0 Å². The second kappa shape index (κ2) is 10.8. The Labute approximate surface area is 250 Å². The van der Waals surface area contributed by atoms with Crippen molar-refractivity contribution in [3.63, 3.8) is 0 Å². The van der Waals surface area contributed by atoms with E-state index in [1.54, 1.807) is 0 Å². The Kier molecular flexibility index (Phi) is 7.52. The van der Waals surface area contributed by atoms with Crippen LogP contribution in [0.25, 0.3) is 16.8 Å². The molecule has 0 bridgehead atoms. The normalized spacial score (nSPS) is 26.0. The molecule has 3 aromatic heterocycles. The molecular formula is C24H16BrCl2F5N6O4. The third-order valence-electron chi connectivity index (χ3n) is 6.91. The Morgan fingerprint density at radius 3 is 2.57 bits per heavy atom. The molecule has 10 nitrogen and oxygen atoms in total. The highest BCUT2D eigenvalue weighted by Gasteiger charge is 2.55. The fourth-order valence-electron chi connectivity index (χ4n) is 5.08. The number of benzene rings is 1. The summed E-state index contributed by atoms with van der Waals surface area (Å²) < 4.78 is 83.9. The van der Waals surface area contributed by atoms with Crippen LogP contribution in [0.4, 0.5) is 22.0 Å². The van der Waals surface area contributed by atoms with Gasteiger partial charge in [-0.1, -0.05) is 23.2 Å². The van der Waals surface area contributed by atoms with E-state index in [9.17, 15) is 32.2 Å². The molecule has 222 valence electrons. The third kappa shape index (κ3) is 4.98. The molecule has 1 aromatic carbocycles. The summed E-state index contributed by atoms with van der Waals surface area (Å²) in [6.07, 6.45) is -7.95. The number of ether oxygens (including phenoxy) is 2. The largest absolute Gasteiger partial charge is 0.435 e. The Morgan fingerprint density at radius 1 is 1.07 bits per heavy atom. The van der Waals surface area contributed by atoms with Crippen LogP contribution in [0.5, 0.6) is 0 Å². The molecular weight excluding hydrogens is 682 g/mol. The van der Waals surface area contributed by atoms with E-state index in [4.69, 9.17) is 32.7 Å². The zero-order chi connectivity index (χ0) is 30.1. The maximum Gasteiger partial charge on any atom is 0.435 e. The number of aromatic nitrogens is 6. The molecule has 0 aliphatic carbocycles. The van der Waals surface area contributed by atoms with Crippen LogP contribution in [0.1, 0.15) is 23.7 Å². The average Bonchev–Trinajstić information content (AvgIpc) is 3.65. The highest BCUT2D eigenvalue weighted by molar-refractivity contribution is 9.10. The van der Waals surface area contributed by atoms with E-state index in [-0.39, 0.29) is 33.3 Å². The number of pyridine rings is 1. The minimum absolute atomic E-state index is 0.124. The lowest BCUT2D eigenvalue weighted by Crippen LogP contribution is -2.52. The van der Waals surface area contributed by atoms with Crippen molar-refractivity contribution in [2.45, 2.75) is 42.7 Å². The second-order valence-corrected chi connectivity index (χ2v) is 11.0. The quantitative estimate of drug-likeness (QED) is 0.233. The topological polar surface area (TPSA) is 120 Å². The molecule has 5 heterocycles. The fraction of sp³-hybridized carbons (Fsp3) is 0.333. The molecule has 18 heteroatoms. The molecule has 2 saturated heterocycles. The summed E-state index contributed by atoms with van der Waals surface area (Å²) >= 11 is 14.7. The summed E-state index contributed by atoms with van der Waals surface area (Å²) in [5, 5.41) is 29.9. The monoisotopic (exact) mass is 696 g/mol. The summed E-state index contributed by atoms with van der Waals surface area (Å²) in [5.41, 5.74) is -1.97. The number of nitrogens with zero attached hydrogens (tertiary/aromatic N) is 6. The molecule has 2 aliphatic rings.